The summed E-state index contributed by atoms with van der Waals surface area (Å²) in [6.45, 7) is 4.13. The van der Waals surface area contributed by atoms with Crippen LogP contribution in [-0.2, 0) is 4.79 Å². The quantitative estimate of drug-likeness (QED) is 0.810. The van der Waals surface area contributed by atoms with E-state index in [1.54, 1.807) is 6.07 Å². The molecular weight excluding hydrogens is 235 g/mol. The summed E-state index contributed by atoms with van der Waals surface area (Å²) in [6.07, 6.45) is 1.30. The number of carboxylic acids is 1. The number of aliphatic carboxylic acids is 1. The Kier molecular flexibility index (Phi) is 5.62. The number of hydrogen-bond acceptors (Lipinski definition) is 2. The number of benzene rings is 1. The summed E-state index contributed by atoms with van der Waals surface area (Å²) >= 11 is 0. The molecule has 1 aromatic rings. The van der Waals surface area contributed by atoms with Crippen LogP contribution in [0.2, 0.25) is 0 Å². The molecule has 0 amide bonds. The van der Waals surface area contributed by atoms with Crippen molar-refractivity contribution in [3.63, 3.8) is 0 Å². The van der Waals surface area contributed by atoms with Gasteiger partial charge in [-0.25, -0.2) is 9.18 Å². The van der Waals surface area contributed by atoms with E-state index in [2.05, 4.69) is 13.8 Å². The molecule has 0 aliphatic rings. The predicted molar refractivity (Wildman–Crippen MR) is 67.1 cm³/mol. The monoisotopic (exact) mass is 254 g/mol. The van der Waals surface area contributed by atoms with Crippen LogP contribution in [-0.4, -0.2) is 17.2 Å². The van der Waals surface area contributed by atoms with Gasteiger partial charge >= 0.3 is 5.97 Å². The number of rotatable bonds is 7. The van der Waals surface area contributed by atoms with Gasteiger partial charge in [0.25, 0.3) is 0 Å². The maximum Gasteiger partial charge on any atom is 0.344 e. The molecule has 0 radical (unpaired) electrons. The summed E-state index contributed by atoms with van der Waals surface area (Å²) in [4.78, 5) is 11.1. The minimum absolute atomic E-state index is 0.256. The first-order valence-electron chi connectivity index (χ1n) is 6.18. The highest BCUT2D eigenvalue weighted by atomic mass is 19.1. The molecule has 3 nitrogen and oxygen atoms in total. The highest BCUT2D eigenvalue weighted by Gasteiger charge is 2.20. The van der Waals surface area contributed by atoms with Gasteiger partial charge in [0.1, 0.15) is 11.6 Å². The van der Waals surface area contributed by atoms with Crippen LogP contribution in [0.3, 0.4) is 0 Å². The maximum atomic E-state index is 13.0. The van der Waals surface area contributed by atoms with E-state index >= 15 is 0 Å². The Balaban J connectivity index is 2.60. The van der Waals surface area contributed by atoms with Crippen molar-refractivity contribution >= 4 is 5.97 Å². The molecule has 0 aliphatic carbocycles. The number of halogens is 1. The highest BCUT2D eigenvalue weighted by Crippen LogP contribution is 2.18. The Hall–Kier alpha value is -1.58. The molecule has 0 fully saturated rings. The summed E-state index contributed by atoms with van der Waals surface area (Å²) in [5, 5.41) is 9.07. The van der Waals surface area contributed by atoms with Crippen LogP contribution in [0.1, 0.15) is 33.1 Å². The molecular formula is C14H19FO3. The van der Waals surface area contributed by atoms with E-state index in [0.29, 0.717) is 12.3 Å². The molecule has 2 atom stereocenters. The van der Waals surface area contributed by atoms with Gasteiger partial charge in [0.05, 0.1) is 0 Å². The van der Waals surface area contributed by atoms with Gasteiger partial charge in [-0.15, -0.1) is 0 Å². The molecule has 4 heteroatoms. The molecule has 1 rings (SSSR count). The second-order valence-corrected chi connectivity index (χ2v) is 4.49. The van der Waals surface area contributed by atoms with Crippen LogP contribution < -0.4 is 4.74 Å². The Morgan fingerprint density at radius 3 is 2.72 bits per heavy atom. The van der Waals surface area contributed by atoms with E-state index in [1.165, 1.54) is 18.2 Å². The number of carbonyl (C=O) groups is 1. The van der Waals surface area contributed by atoms with Crippen LogP contribution in [0.5, 0.6) is 5.75 Å². The SMILES string of the molecule is CCC(C)CCC(Oc1cccc(F)c1)C(=O)O. The molecule has 0 saturated heterocycles. The molecule has 2 unspecified atom stereocenters. The van der Waals surface area contributed by atoms with Gasteiger partial charge in [-0.05, 0) is 30.9 Å². The second-order valence-electron chi connectivity index (χ2n) is 4.49. The van der Waals surface area contributed by atoms with Crippen molar-refractivity contribution < 1.29 is 19.0 Å². The lowest BCUT2D eigenvalue weighted by atomic mass is 10.0. The molecule has 0 bridgehead atoms. The first-order chi connectivity index (χ1) is 8.52. The predicted octanol–water partition coefficient (Wildman–Crippen LogP) is 3.48. The zero-order valence-corrected chi connectivity index (χ0v) is 10.7. The van der Waals surface area contributed by atoms with Crippen molar-refractivity contribution in [3.05, 3.63) is 30.1 Å². The third-order valence-corrected chi connectivity index (χ3v) is 2.97. The van der Waals surface area contributed by atoms with Gasteiger partial charge < -0.3 is 9.84 Å². The van der Waals surface area contributed by atoms with Crippen molar-refractivity contribution in [2.24, 2.45) is 5.92 Å². The first kappa shape index (κ1) is 14.5. The van der Waals surface area contributed by atoms with E-state index in [9.17, 15) is 9.18 Å². The molecule has 0 aliphatic heterocycles. The average Bonchev–Trinajstić information content (AvgIpc) is 2.33. The summed E-state index contributed by atoms with van der Waals surface area (Å²) in [6, 6.07) is 5.54. The lowest BCUT2D eigenvalue weighted by Gasteiger charge is -2.17. The van der Waals surface area contributed by atoms with Gasteiger partial charge in [-0.2, -0.15) is 0 Å². The van der Waals surface area contributed by atoms with Crippen molar-refractivity contribution in [1.82, 2.24) is 0 Å². The number of ether oxygens (including phenoxy) is 1. The highest BCUT2D eigenvalue weighted by molar-refractivity contribution is 5.72. The van der Waals surface area contributed by atoms with E-state index in [-0.39, 0.29) is 5.75 Å². The largest absolute Gasteiger partial charge is 0.479 e. The Morgan fingerprint density at radius 1 is 1.44 bits per heavy atom. The molecule has 1 aromatic carbocycles. The zero-order valence-electron chi connectivity index (χ0n) is 10.7. The first-order valence-corrected chi connectivity index (χ1v) is 6.18. The molecule has 0 aromatic heterocycles. The van der Waals surface area contributed by atoms with Crippen LogP contribution in [0.25, 0.3) is 0 Å². The smallest absolute Gasteiger partial charge is 0.344 e. The fourth-order valence-electron chi connectivity index (χ4n) is 1.58. The maximum absolute atomic E-state index is 13.0. The topological polar surface area (TPSA) is 46.5 Å². The van der Waals surface area contributed by atoms with E-state index in [1.807, 2.05) is 0 Å². The fourth-order valence-corrected chi connectivity index (χ4v) is 1.58. The fraction of sp³-hybridized carbons (Fsp3) is 0.500. The van der Waals surface area contributed by atoms with Crippen molar-refractivity contribution in [3.8, 4) is 5.75 Å². The summed E-state index contributed by atoms with van der Waals surface area (Å²) in [5.41, 5.74) is 0. The van der Waals surface area contributed by atoms with Crippen LogP contribution in [0.4, 0.5) is 4.39 Å². The standard InChI is InChI=1S/C14H19FO3/c1-3-10(2)7-8-13(14(16)17)18-12-6-4-5-11(15)9-12/h4-6,9-10,13H,3,7-8H2,1-2H3,(H,16,17). The Labute approximate surface area is 107 Å². The minimum atomic E-state index is -1.01. The van der Waals surface area contributed by atoms with Crippen LogP contribution >= 0.6 is 0 Å². The Morgan fingerprint density at radius 2 is 2.17 bits per heavy atom. The van der Waals surface area contributed by atoms with E-state index in [4.69, 9.17) is 9.84 Å². The van der Waals surface area contributed by atoms with Gasteiger partial charge in [-0.1, -0.05) is 26.3 Å². The summed E-state index contributed by atoms with van der Waals surface area (Å²) in [7, 11) is 0. The van der Waals surface area contributed by atoms with Gasteiger partial charge in [0, 0.05) is 6.07 Å². The minimum Gasteiger partial charge on any atom is -0.479 e. The molecule has 1 N–H and O–H groups in total. The number of carboxylic acid groups (broad SMARTS) is 1. The normalized spacial score (nSPS) is 13.9. The van der Waals surface area contributed by atoms with Crippen molar-refractivity contribution in [2.75, 3.05) is 0 Å². The lowest BCUT2D eigenvalue weighted by molar-refractivity contribution is -0.145. The molecule has 0 heterocycles. The van der Waals surface area contributed by atoms with Gasteiger partial charge in [0.2, 0.25) is 0 Å². The van der Waals surface area contributed by atoms with Crippen LogP contribution in [0.15, 0.2) is 24.3 Å². The van der Waals surface area contributed by atoms with Crippen LogP contribution in [0, 0.1) is 11.7 Å². The molecule has 0 saturated carbocycles. The summed E-state index contributed by atoms with van der Waals surface area (Å²) in [5.74, 6) is -0.726. The van der Waals surface area contributed by atoms with Crippen molar-refractivity contribution in [2.45, 2.75) is 39.2 Å². The molecule has 100 valence electrons. The van der Waals surface area contributed by atoms with E-state index < -0.39 is 17.9 Å². The molecule has 18 heavy (non-hydrogen) atoms. The van der Waals surface area contributed by atoms with Crippen molar-refractivity contribution in [1.29, 1.82) is 0 Å². The lowest BCUT2D eigenvalue weighted by Crippen LogP contribution is -2.27. The van der Waals surface area contributed by atoms with Gasteiger partial charge in [0.15, 0.2) is 6.10 Å². The molecule has 0 spiro atoms. The second kappa shape index (κ2) is 6.99. The third kappa shape index (κ3) is 4.73. The third-order valence-electron chi connectivity index (χ3n) is 2.97. The number of hydrogen-bond donors (Lipinski definition) is 1. The Bertz CT molecular complexity index is 392. The zero-order chi connectivity index (χ0) is 13.5. The summed E-state index contributed by atoms with van der Waals surface area (Å²) < 4.78 is 18.3. The average molecular weight is 254 g/mol. The van der Waals surface area contributed by atoms with E-state index in [0.717, 1.165) is 12.8 Å². The van der Waals surface area contributed by atoms with Gasteiger partial charge in [-0.3, -0.25) is 0 Å².